The fourth-order valence-electron chi connectivity index (χ4n) is 3.81. The van der Waals surface area contributed by atoms with Crippen LogP contribution in [-0.4, -0.2) is 61.6 Å². The van der Waals surface area contributed by atoms with Crippen LogP contribution in [0.3, 0.4) is 0 Å². The van der Waals surface area contributed by atoms with Crippen molar-refractivity contribution in [1.82, 2.24) is 14.9 Å². The number of fused-ring (bicyclic) bond motifs is 2. The zero-order valence-corrected chi connectivity index (χ0v) is 17.6. The monoisotopic (exact) mass is 435 g/mol. The molecule has 0 atom stereocenters. The Balaban J connectivity index is 1.27. The van der Waals surface area contributed by atoms with Crippen molar-refractivity contribution in [2.24, 2.45) is 0 Å². The molecule has 1 aromatic heterocycles. The molecular weight excluding hydrogens is 408 g/mol. The molecule has 0 bridgehead atoms. The van der Waals surface area contributed by atoms with Crippen molar-refractivity contribution in [2.75, 3.05) is 46.2 Å². The summed E-state index contributed by atoms with van der Waals surface area (Å²) < 4.78 is 17.9. The van der Waals surface area contributed by atoms with E-state index in [0.717, 1.165) is 39.3 Å². The Morgan fingerprint density at radius 3 is 2.77 bits per heavy atom. The molecule has 2 aromatic rings. The van der Waals surface area contributed by atoms with Crippen LogP contribution in [0.5, 0.6) is 11.5 Å². The first-order valence-electron chi connectivity index (χ1n) is 10.4. The first-order valence-corrected chi connectivity index (χ1v) is 10.8. The normalized spacial score (nSPS) is 16.1. The maximum absolute atomic E-state index is 12.9. The standard InChI is InChI=1S/C20H26N4O5S/c25-18(21-4-2-5-23-7-9-27-10-8-23)3-1-6-24-19(26)14-11-16-17(29-13-28-16)12-15(14)22-20(24)30/h11-12H,1-10,13H2,(H,21,25)(H,22,30)/p+1. The fourth-order valence-corrected chi connectivity index (χ4v) is 4.09. The van der Waals surface area contributed by atoms with Gasteiger partial charge in [-0.15, -0.1) is 0 Å². The van der Waals surface area contributed by atoms with Crippen molar-refractivity contribution in [3.8, 4) is 11.5 Å². The molecule has 30 heavy (non-hydrogen) atoms. The predicted molar refractivity (Wildman–Crippen MR) is 113 cm³/mol. The topological polar surface area (TPSA) is 99.0 Å². The Hall–Kier alpha value is -2.43. The number of hydrogen-bond donors (Lipinski definition) is 3. The van der Waals surface area contributed by atoms with Gasteiger partial charge in [-0.2, -0.15) is 0 Å². The lowest BCUT2D eigenvalue weighted by molar-refractivity contribution is -0.908. The van der Waals surface area contributed by atoms with Gasteiger partial charge in [-0.05, 0) is 24.7 Å². The number of aromatic amines is 1. The molecule has 3 N–H and O–H groups in total. The Kier molecular flexibility index (Phi) is 6.66. The second-order valence-electron chi connectivity index (χ2n) is 7.56. The van der Waals surface area contributed by atoms with Crippen LogP contribution in [0.25, 0.3) is 10.9 Å². The molecule has 1 aromatic carbocycles. The van der Waals surface area contributed by atoms with Crippen molar-refractivity contribution < 1.29 is 23.9 Å². The number of quaternary nitrogens is 1. The number of carbonyl (C=O) groups is 1. The molecule has 0 saturated carbocycles. The Morgan fingerprint density at radius 1 is 1.20 bits per heavy atom. The summed E-state index contributed by atoms with van der Waals surface area (Å²) in [6, 6.07) is 3.40. The third-order valence-electron chi connectivity index (χ3n) is 5.49. The smallest absolute Gasteiger partial charge is 0.262 e. The third kappa shape index (κ3) is 4.82. The number of nitrogens with zero attached hydrogens (tertiary/aromatic N) is 1. The molecule has 1 amide bonds. The van der Waals surface area contributed by atoms with E-state index < -0.39 is 0 Å². The van der Waals surface area contributed by atoms with Gasteiger partial charge in [-0.25, -0.2) is 0 Å². The summed E-state index contributed by atoms with van der Waals surface area (Å²) in [5.41, 5.74) is 0.423. The number of carbonyl (C=O) groups excluding carboxylic acids is 1. The molecule has 10 heteroatoms. The summed E-state index contributed by atoms with van der Waals surface area (Å²) in [4.78, 5) is 29.6. The molecule has 0 radical (unpaired) electrons. The molecule has 3 heterocycles. The molecule has 0 aliphatic carbocycles. The van der Waals surface area contributed by atoms with Gasteiger partial charge in [0.05, 0.1) is 30.7 Å². The van der Waals surface area contributed by atoms with Gasteiger partial charge in [0, 0.05) is 32.0 Å². The van der Waals surface area contributed by atoms with Crippen LogP contribution in [-0.2, 0) is 16.1 Å². The highest BCUT2D eigenvalue weighted by molar-refractivity contribution is 7.71. The average molecular weight is 436 g/mol. The van der Waals surface area contributed by atoms with E-state index in [1.54, 1.807) is 12.1 Å². The van der Waals surface area contributed by atoms with Gasteiger partial charge in [0.25, 0.3) is 5.56 Å². The van der Waals surface area contributed by atoms with Gasteiger partial charge < -0.3 is 29.4 Å². The minimum atomic E-state index is -0.194. The van der Waals surface area contributed by atoms with Crippen molar-refractivity contribution in [3.05, 3.63) is 27.3 Å². The fraction of sp³-hybridized carbons (Fsp3) is 0.550. The van der Waals surface area contributed by atoms with Crippen LogP contribution < -0.4 is 25.2 Å². The van der Waals surface area contributed by atoms with E-state index in [1.807, 2.05) is 0 Å². The largest absolute Gasteiger partial charge is 0.454 e. The van der Waals surface area contributed by atoms with Crippen LogP contribution in [0.1, 0.15) is 19.3 Å². The van der Waals surface area contributed by atoms with Gasteiger partial charge in [0.15, 0.2) is 16.3 Å². The summed E-state index contributed by atoms with van der Waals surface area (Å²) in [6.45, 7) is 5.96. The first kappa shape index (κ1) is 20.8. The molecule has 1 saturated heterocycles. The molecular formula is C20H27N4O5S+. The highest BCUT2D eigenvalue weighted by atomic mass is 32.1. The number of hydrogen-bond acceptors (Lipinski definition) is 6. The van der Waals surface area contributed by atoms with Gasteiger partial charge in [-0.1, -0.05) is 0 Å². The van der Waals surface area contributed by atoms with Crippen LogP contribution in [0, 0.1) is 4.77 Å². The van der Waals surface area contributed by atoms with Crippen LogP contribution >= 0.6 is 12.2 Å². The first-order chi connectivity index (χ1) is 14.6. The molecule has 2 aliphatic heterocycles. The van der Waals surface area contributed by atoms with Crippen molar-refractivity contribution in [3.63, 3.8) is 0 Å². The number of morpholine rings is 1. The number of H-pyrrole nitrogens is 1. The summed E-state index contributed by atoms with van der Waals surface area (Å²) in [5, 5.41) is 3.45. The third-order valence-corrected chi connectivity index (χ3v) is 5.81. The molecule has 4 rings (SSSR count). The van der Waals surface area contributed by atoms with Gasteiger partial charge in [0.1, 0.15) is 13.1 Å². The molecule has 1 fully saturated rings. The minimum Gasteiger partial charge on any atom is -0.454 e. The SMILES string of the molecule is O=C(CCCn1c(=S)[nH]c2cc3c(cc2c1=O)OCO3)NCCC[NH+]1CCOCC1. The second-order valence-corrected chi connectivity index (χ2v) is 7.94. The van der Waals surface area contributed by atoms with Crippen molar-refractivity contribution in [1.29, 1.82) is 0 Å². The molecule has 2 aliphatic rings. The molecule has 9 nitrogen and oxygen atoms in total. The van der Waals surface area contributed by atoms with Crippen LogP contribution in [0.4, 0.5) is 0 Å². The second kappa shape index (κ2) is 9.59. The van der Waals surface area contributed by atoms with E-state index in [4.69, 9.17) is 26.4 Å². The highest BCUT2D eigenvalue weighted by Crippen LogP contribution is 2.34. The number of ether oxygens (including phenoxy) is 3. The summed E-state index contributed by atoms with van der Waals surface area (Å²) in [7, 11) is 0. The Labute approximate surface area is 178 Å². The molecule has 0 spiro atoms. The summed E-state index contributed by atoms with van der Waals surface area (Å²) in [5.74, 6) is 1.14. The molecule has 162 valence electrons. The lowest BCUT2D eigenvalue weighted by Gasteiger charge is -2.23. The number of rotatable bonds is 8. The van der Waals surface area contributed by atoms with Gasteiger partial charge >= 0.3 is 0 Å². The zero-order valence-electron chi connectivity index (χ0n) is 16.8. The van der Waals surface area contributed by atoms with Gasteiger partial charge in [-0.3, -0.25) is 14.2 Å². The van der Waals surface area contributed by atoms with E-state index >= 15 is 0 Å². The number of amides is 1. The lowest BCUT2D eigenvalue weighted by Crippen LogP contribution is -3.14. The summed E-state index contributed by atoms with van der Waals surface area (Å²) in [6.07, 6.45) is 1.84. The number of nitrogens with one attached hydrogen (secondary N) is 3. The lowest BCUT2D eigenvalue weighted by atomic mass is 10.2. The van der Waals surface area contributed by atoms with E-state index in [2.05, 4.69) is 10.3 Å². The van der Waals surface area contributed by atoms with Crippen LogP contribution in [0.15, 0.2) is 16.9 Å². The minimum absolute atomic E-state index is 0.000850. The van der Waals surface area contributed by atoms with E-state index in [0.29, 0.717) is 53.1 Å². The zero-order chi connectivity index (χ0) is 20.9. The maximum atomic E-state index is 12.9. The van der Waals surface area contributed by atoms with E-state index in [9.17, 15) is 9.59 Å². The quantitative estimate of drug-likeness (QED) is 0.399. The molecule has 0 unspecified atom stereocenters. The van der Waals surface area contributed by atoms with Gasteiger partial charge in [0.2, 0.25) is 12.7 Å². The maximum Gasteiger partial charge on any atom is 0.262 e. The number of aromatic nitrogens is 2. The van der Waals surface area contributed by atoms with E-state index in [1.165, 1.54) is 9.47 Å². The van der Waals surface area contributed by atoms with Crippen molar-refractivity contribution >= 4 is 29.0 Å². The Bertz CT molecular complexity index is 1030. The Morgan fingerprint density at radius 2 is 1.97 bits per heavy atom. The van der Waals surface area contributed by atoms with Crippen LogP contribution in [0.2, 0.25) is 0 Å². The average Bonchev–Trinajstić information content (AvgIpc) is 3.20. The highest BCUT2D eigenvalue weighted by Gasteiger charge is 2.17. The van der Waals surface area contributed by atoms with E-state index in [-0.39, 0.29) is 18.3 Å². The van der Waals surface area contributed by atoms with Crippen molar-refractivity contribution in [2.45, 2.75) is 25.8 Å². The number of benzene rings is 1. The summed E-state index contributed by atoms with van der Waals surface area (Å²) >= 11 is 5.35. The predicted octanol–water partition coefficient (Wildman–Crippen LogP) is -0.0106.